The second-order valence-corrected chi connectivity index (χ2v) is 4.95. The van der Waals surface area contributed by atoms with Crippen LogP contribution < -0.4 is 0 Å². The molecule has 2 heterocycles. The Bertz CT molecular complexity index is 619. The van der Waals surface area contributed by atoms with E-state index in [1.807, 2.05) is 35.7 Å². The molecule has 4 nitrogen and oxygen atoms in total. The van der Waals surface area contributed by atoms with Crippen molar-refractivity contribution >= 4 is 11.3 Å². The fourth-order valence-electron chi connectivity index (χ4n) is 1.74. The molecule has 0 fully saturated rings. The van der Waals surface area contributed by atoms with Gasteiger partial charge in [0.2, 0.25) is 0 Å². The predicted molar refractivity (Wildman–Crippen MR) is 74.6 cm³/mol. The van der Waals surface area contributed by atoms with Gasteiger partial charge in [-0.2, -0.15) is 0 Å². The molecule has 0 aliphatic rings. The fourth-order valence-corrected chi connectivity index (χ4v) is 2.34. The monoisotopic (exact) mass is 271 g/mol. The summed E-state index contributed by atoms with van der Waals surface area (Å²) in [6.07, 6.45) is 3.58. The molecule has 0 aliphatic carbocycles. The second kappa shape index (κ2) is 5.77. The zero-order chi connectivity index (χ0) is 12.9. The molecule has 1 N–H and O–H groups in total. The number of aromatic amines is 1. The van der Waals surface area contributed by atoms with Gasteiger partial charge in [0.05, 0.1) is 18.5 Å². The maximum absolute atomic E-state index is 5.63. The molecule has 1 aromatic carbocycles. The zero-order valence-corrected chi connectivity index (χ0v) is 11.1. The van der Waals surface area contributed by atoms with Crippen molar-refractivity contribution in [2.24, 2.45) is 0 Å². The van der Waals surface area contributed by atoms with Gasteiger partial charge in [-0.1, -0.05) is 30.3 Å². The first kappa shape index (κ1) is 12.1. The molecular formula is C14H13N3OS. The lowest BCUT2D eigenvalue weighted by Gasteiger charge is -2.01. The molecular weight excluding hydrogens is 258 g/mol. The third kappa shape index (κ3) is 3.07. The van der Waals surface area contributed by atoms with E-state index in [2.05, 4.69) is 15.0 Å². The van der Waals surface area contributed by atoms with Crippen molar-refractivity contribution in [2.75, 3.05) is 0 Å². The van der Waals surface area contributed by atoms with Gasteiger partial charge < -0.3 is 9.72 Å². The van der Waals surface area contributed by atoms with E-state index < -0.39 is 0 Å². The summed E-state index contributed by atoms with van der Waals surface area (Å²) in [4.78, 5) is 11.7. The predicted octanol–water partition coefficient (Wildman–Crippen LogP) is 3.25. The Morgan fingerprint density at radius 2 is 2.00 bits per heavy atom. The number of nitrogens with zero attached hydrogens (tertiary/aromatic N) is 2. The smallest absolute Gasteiger partial charge is 0.141 e. The SMILES string of the molecule is c1ccc(COCc2ncc(-c3nccs3)[nH]2)cc1. The molecule has 3 rings (SSSR count). The van der Waals surface area contributed by atoms with Crippen molar-refractivity contribution in [1.82, 2.24) is 15.0 Å². The van der Waals surface area contributed by atoms with Crippen LogP contribution in [0.15, 0.2) is 48.1 Å². The number of ether oxygens (including phenoxy) is 1. The van der Waals surface area contributed by atoms with Crippen LogP contribution in [0.1, 0.15) is 11.4 Å². The number of hydrogen-bond donors (Lipinski definition) is 1. The largest absolute Gasteiger partial charge is 0.369 e. The van der Waals surface area contributed by atoms with Crippen molar-refractivity contribution in [2.45, 2.75) is 13.2 Å². The Hall–Kier alpha value is -1.98. The summed E-state index contributed by atoms with van der Waals surface area (Å²) >= 11 is 1.59. The van der Waals surface area contributed by atoms with Gasteiger partial charge in [0, 0.05) is 11.6 Å². The summed E-state index contributed by atoms with van der Waals surface area (Å²) < 4.78 is 5.63. The Morgan fingerprint density at radius 3 is 2.79 bits per heavy atom. The molecule has 0 saturated heterocycles. The topological polar surface area (TPSA) is 50.8 Å². The van der Waals surface area contributed by atoms with Crippen molar-refractivity contribution < 1.29 is 4.74 Å². The average molecular weight is 271 g/mol. The van der Waals surface area contributed by atoms with Crippen LogP contribution in [0.2, 0.25) is 0 Å². The maximum Gasteiger partial charge on any atom is 0.141 e. The first-order valence-corrected chi connectivity index (χ1v) is 6.85. The van der Waals surface area contributed by atoms with E-state index in [4.69, 9.17) is 4.74 Å². The van der Waals surface area contributed by atoms with E-state index in [0.717, 1.165) is 22.1 Å². The lowest BCUT2D eigenvalue weighted by atomic mass is 10.2. The normalized spacial score (nSPS) is 10.7. The number of nitrogens with one attached hydrogen (secondary N) is 1. The third-order valence-corrected chi connectivity index (χ3v) is 3.45. The second-order valence-electron chi connectivity index (χ2n) is 4.06. The van der Waals surface area contributed by atoms with E-state index in [1.165, 1.54) is 0 Å². The summed E-state index contributed by atoms with van der Waals surface area (Å²) in [5.74, 6) is 0.820. The number of rotatable bonds is 5. The van der Waals surface area contributed by atoms with Gasteiger partial charge in [-0.3, -0.25) is 0 Å². The summed E-state index contributed by atoms with van der Waals surface area (Å²) in [5, 5.41) is 2.89. The van der Waals surface area contributed by atoms with E-state index >= 15 is 0 Å². The quantitative estimate of drug-likeness (QED) is 0.775. The van der Waals surface area contributed by atoms with Crippen LogP contribution in [0.3, 0.4) is 0 Å². The van der Waals surface area contributed by atoms with Gasteiger partial charge >= 0.3 is 0 Å². The highest BCUT2D eigenvalue weighted by atomic mass is 32.1. The van der Waals surface area contributed by atoms with Gasteiger partial charge in [-0.05, 0) is 5.56 Å². The lowest BCUT2D eigenvalue weighted by molar-refractivity contribution is 0.102. The van der Waals surface area contributed by atoms with E-state index in [-0.39, 0.29) is 0 Å². The minimum atomic E-state index is 0.472. The van der Waals surface area contributed by atoms with Crippen molar-refractivity contribution in [1.29, 1.82) is 0 Å². The highest BCUT2D eigenvalue weighted by molar-refractivity contribution is 7.13. The first-order chi connectivity index (χ1) is 9.42. The number of benzene rings is 1. The summed E-state index contributed by atoms with van der Waals surface area (Å²) in [7, 11) is 0. The summed E-state index contributed by atoms with van der Waals surface area (Å²) in [6, 6.07) is 10.1. The van der Waals surface area contributed by atoms with Crippen LogP contribution in [0.5, 0.6) is 0 Å². The molecule has 2 aromatic heterocycles. The molecule has 0 saturated carbocycles. The van der Waals surface area contributed by atoms with Crippen LogP contribution in [-0.2, 0) is 18.0 Å². The third-order valence-electron chi connectivity index (χ3n) is 2.64. The minimum Gasteiger partial charge on any atom is -0.369 e. The number of aromatic nitrogens is 3. The highest BCUT2D eigenvalue weighted by Crippen LogP contribution is 2.19. The maximum atomic E-state index is 5.63. The molecule has 0 amide bonds. The lowest BCUT2D eigenvalue weighted by Crippen LogP contribution is -1.95. The molecule has 0 radical (unpaired) electrons. The molecule has 0 spiro atoms. The molecule has 0 atom stereocenters. The molecule has 19 heavy (non-hydrogen) atoms. The van der Waals surface area contributed by atoms with Crippen molar-refractivity contribution in [3.05, 3.63) is 59.5 Å². The van der Waals surface area contributed by atoms with Crippen LogP contribution in [0.4, 0.5) is 0 Å². The number of H-pyrrole nitrogens is 1. The molecule has 3 aromatic rings. The first-order valence-electron chi connectivity index (χ1n) is 5.97. The highest BCUT2D eigenvalue weighted by Gasteiger charge is 2.05. The Morgan fingerprint density at radius 1 is 1.11 bits per heavy atom. The van der Waals surface area contributed by atoms with Gasteiger partial charge in [0.1, 0.15) is 17.4 Å². The van der Waals surface area contributed by atoms with Gasteiger partial charge in [0.15, 0.2) is 0 Å². The number of imidazole rings is 1. The molecule has 0 aliphatic heterocycles. The van der Waals surface area contributed by atoms with E-state index in [1.54, 1.807) is 23.7 Å². The number of thiazole rings is 1. The fraction of sp³-hybridized carbons (Fsp3) is 0.143. The van der Waals surface area contributed by atoms with Crippen LogP contribution in [0, 0.1) is 0 Å². The molecule has 0 bridgehead atoms. The Kier molecular flexibility index (Phi) is 3.67. The molecule has 5 heteroatoms. The van der Waals surface area contributed by atoms with Gasteiger partial charge in [0.25, 0.3) is 0 Å². The Balaban J connectivity index is 1.56. The number of hydrogen-bond acceptors (Lipinski definition) is 4. The van der Waals surface area contributed by atoms with Gasteiger partial charge in [-0.15, -0.1) is 11.3 Å². The van der Waals surface area contributed by atoms with Crippen LogP contribution in [0.25, 0.3) is 10.7 Å². The van der Waals surface area contributed by atoms with E-state index in [9.17, 15) is 0 Å². The van der Waals surface area contributed by atoms with Crippen LogP contribution >= 0.6 is 11.3 Å². The Labute approximate surface area is 115 Å². The molecule has 0 unspecified atom stereocenters. The standard InChI is InChI=1S/C14H13N3OS/c1-2-4-11(5-3-1)9-18-10-13-16-8-12(17-13)14-15-6-7-19-14/h1-8H,9-10H2,(H,16,17). The zero-order valence-electron chi connectivity index (χ0n) is 10.2. The van der Waals surface area contributed by atoms with E-state index in [0.29, 0.717) is 13.2 Å². The summed E-state index contributed by atoms with van der Waals surface area (Å²) in [5.41, 5.74) is 2.10. The van der Waals surface area contributed by atoms with Crippen LogP contribution in [-0.4, -0.2) is 15.0 Å². The van der Waals surface area contributed by atoms with Crippen molar-refractivity contribution in [3.8, 4) is 10.7 Å². The molecule has 96 valence electrons. The minimum absolute atomic E-state index is 0.472. The van der Waals surface area contributed by atoms with Gasteiger partial charge in [-0.25, -0.2) is 9.97 Å². The van der Waals surface area contributed by atoms with Crippen molar-refractivity contribution in [3.63, 3.8) is 0 Å². The average Bonchev–Trinajstić information content (AvgIpc) is 3.10. The summed E-state index contributed by atoms with van der Waals surface area (Å²) in [6.45, 7) is 1.06.